The van der Waals surface area contributed by atoms with Gasteiger partial charge in [-0.05, 0) is 56.2 Å². The van der Waals surface area contributed by atoms with Crippen molar-refractivity contribution in [1.82, 2.24) is 24.6 Å². The highest BCUT2D eigenvalue weighted by Gasteiger charge is 2.22. The zero-order valence-corrected chi connectivity index (χ0v) is 16.8. The number of hydrogen-bond acceptors (Lipinski definition) is 4. The normalized spacial score (nSPS) is 12.1. The number of amides is 1. The molecule has 0 radical (unpaired) electrons. The molecule has 0 aliphatic heterocycles. The van der Waals surface area contributed by atoms with E-state index in [1.165, 1.54) is 6.33 Å². The van der Waals surface area contributed by atoms with Crippen molar-refractivity contribution >= 4 is 17.2 Å². The molecule has 1 amide bonds. The van der Waals surface area contributed by atoms with E-state index in [-0.39, 0.29) is 11.9 Å². The smallest absolute Gasteiger partial charge is 0.255 e. The molecule has 4 rings (SSSR count). The Kier molecular flexibility index (Phi) is 4.83. The average Bonchev–Trinajstić information content (AvgIpc) is 3.44. The number of carbonyl (C=O) groups is 1. The SMILES string of the molecule is Cc1sc(-n2cccc2)c(C(=O)NC(C)c2ccc(-n3cncn3)cc2)c1C. The van der Waals surface area contributed by atoms with Gasteiger partial charge in [-0.25, -0.2) is 9.67 Å². The van der Waals surface area contributed by atoms with Crippen molar-refractivity contribution < 1.29 is 4.79 Å². The van der Waals surface area contributed by atoms with Gasteiger partial charge in [-0.1, -0.05) is 12.1 Å². The van der Waals surface area contributed by atoms with Gasteiger partial charge in [0, 0.05) is 17.3 Å². The summed E-state index contributed by atoms with van der Waals surface area (Å²) < 4.78 is 3.70. The first kappa shape index (κ1) is 18.2. The number of benzene rings is 1. The summed E-state index contributed by atoms with van der Waals surface area (Å²) in [4.78, 5) is 18.2. The summed E-state index contributed by atoms with van der Waals surface area (Å²) in [5.74, 6) is -0.0570. The van der Waals surface area contributed by atoms with Crippen LogP contribution in [0.2, 0.25) is 0 Å². The molecule has 28 heavy (non-hydrogen) atoms. The van der Waals surface area contributed by atoms with E-state index < -0.39 is 0 Å². The summed E-state index contributed by atoms with van der Waals surface area (Å²) in [7, 11) is 0. The third kappa shape index (κ3) is 3.36. The lowest BCUT2D eigenvalue weighted by Crippen LogP contribution is -2.27. The Balaban J connectivity index is 1.56. The summed E-state index contributed by atoms with van der Waals surface area (Å²) in [5, 5.41) is 8.22. The summed E-state index contributed by atoms with van der Waals surface area (Å²) in [5.41, 5.74) is 3.73. The fourth-order valence-corrected chi connectivity index (χ4v) is 4.26. The number of thiophene rings is 1. The molecule has 0 fully saturated rings. The number of nitrogens with zero attached hydrogens (tertiary/aromatic N) is 4. The number of rotatable bonds is 5. The fourth-order valence-electron chi connectivity index (χ4n) is 3.14. The lowest BCUT2D eigenvalue weighted by atomic mass is 10.1. The number of aromatic nitrogens is 4. The molecule has 0 spiro atoms. The minimum absolute atomic E-state index is 0.0570. The van der Waals surface area contributed by atoms with Gasteiger partial charge < -0.3 is 9.88 Å². The Morgan fingerprint density at radius 3 is 2.50 bits per heavy atom. The number of aryl methyl sites for hydroxylation is 1. The molecule has 1 N–H and O–H groups in total. The molecule has 3 aromatic heterocycles. The van der Waals surface area contributed by atoms with Crippen LogP contribution in [0.1, 0.15) is 39.3 Å². The van der Waals surface area contributed by atoms with Crippen molar-refractivity contribution in [3.05, 3.63) is 83.0 Å². The van der Waals surface area contributed by atoms with Crippen LogP contribution in [0.5, 0.6) is 0 Å². The predicted molar refractivity (Wildman–Crippen MR) is 110 cm³/mol. The molecule has 0 saturated heterocycles. The molecule has 1 aromatic carbocycles. The van der Waals surface area contributed by atoms with Gasteiger partial charge in [-0.15, -0.1) is 11.3 Å². The van der Waals surface area contributed by atoms with Crippen LogP contribution < -0.4 is 5.32 Å². The molecule has 0 aliphatic carbocycles. The maximum Gasteiger partial charge on any atom is 0.255 e. The van der Waals surface area contributed by atoms with Gasteiger partial charge in [0.25, 0.3) is 5.91 Å². The van der Waals surface area contributed by atoms with Gasteiger partial charge in [0.05, 0.1) is 17.3 Å². The van der Waals surface area contributed by atoms with E-state index in [0.717, 1.165) is 32.3 Å². The van der Waals surface area contributed by atoms with Crippen LogP contribution in [-0.4, -0.2) is 25.2 Å². The van der Waals surface area contributed by atoms with Gasteiger partial charge in [-0.3, -0.25) is 4.79 Å². The minimum atomic E-state index is -0.116. The van der Waals surface area contributed by atoms with E-state index in [4.69, 9.17) is 0 Å². The van der Waals surface area contributed by atoms with Crippen molar-refractivity contribution in [3.8, 4) is 10.7 Å². The molecule has 1 unspecified atom stereocenters. The van der Waals surface area contributed by atoms with Crippen LogP contribution in [-0.2, 0) is 0 Å². The lowest BCUT2D eigenvalue weighted by molar-refractivity contribution is 0.0939. The molecule has 0 saturated carbocycles. The topological polar surface area (TPSA) is 64.7 Å². The molecule has 0 bridgehead atoms. The van der Waals surface area contributed by atoms with Gasteiger partial charge >= 0.3 is 0 Å². The van der Waals surface area contributed by atoms with E-state index in [0.29, 0.717) is 0 Å². The second-order valence-electron chi connectivity index (χ2n) is 6.68. The van der Waals surface area contributed by atoms with Crippen LogP contribution in [0.15, 0.2) is 61.4 Å². The Bertz CT molecular complexity index is 1080. The summed E-state index contributed by atoms with van der Waals surface area (Å²) >= 11 is 1.64. The standard InChI is InChI=1S/C21H21N5OS/c1-14-16(3)28-21(25-10-4-5-11-25)19(14)20(27)24-15(2)17-6-8-18(9-7-17)26-13-22-12-23-26/h4-13,15H,1-3H3,(H,24,27). The summed E-state index contributed by atoms with van der Waals surface area (Å²) in [6, 6.07) is 11.8. The number of carbonyl (C=O) groups excluding carboxylic acids is 1. The van der Waals surface area contributed by atoms with Crippen molar-refractivity contribution in [2.75, 3.05) is 0 Å². The molecular formula is C21H21N5OS. The van der Waals surface area contributed by atoms with Gasteiger partial charge in [0.2, 0.25) is 0 Å². The number of hydrogen-bond donors (Lipinski definition) is 1. The van der Waals surface area contributed by atoms with Gasteiger partial charge in [0.15, 0.2) is 0 Å². The minimum Gasteiger partial charge on any atom is -0.345 e. The van der Waals surface area contributed by atoms with Crippen molar-refractivity contribution in [1.29, 1.82) is 0 Å². The van der Waals surface area contributed by atoms with E-state index in [9.17, 15) is 4.79 Å². The quantitative estimate of drug-likeness (QED) is 0.554. The van der Waals surface area contributed by atoms with Crippen LogP contribution in [0, 0.1) is 13.8 Å². The Morgan fingerprint density at radius 1 is 1.14 bits per heavy atom. The molecule has 7 heteroatoms. The first-order chi connectivity index (χ1) is 13.5. The summed E-state index contributed by atoms with van der Waals surface area (Å²) in [6.07, 6.45) is 7.09. The van der Waals surface area contributed by atoms with E-state index in [1.807, 2.05) is 67.2 Å². The van der Waals surface area contributed by atoms with Crippen molar-refractivity contribution in [3.63, 3.8) is 0 Å². The van der Waals surface area contributed by atoms with Crippen LogP contribution in [0.3, 0.4) is 0 Å². The highest BCUT2D eigenvalue weighted by molar-refractivity contribution is 7.15. The Labute approximate surface area is 167 Å². The largest absolute Gasteiger partial charge is 0.345 e. The molecule has 0 aliphatic rings. The zero-order valence-electron chi connectivity index (χ0n) is 16.0. The molecule has 142 valence electrons. The monoisotopic (exact) mass is 391 g/mol. The van der Waals surface area contributed by atoms with Gasteiger partial charge in [-0.2, -0.15) is 5.10 Å². The third-order valence-electron chi connectivity index (χ3n) is 4.86. The maximum atomic E-state index is 13.1. The highest BCUT2D eigenvalue weighted by atomic mass is 32.1. The van der Waals surface area contributed by atoms with Crippen LogP contribution in [0.25, 0.3) is 10.7 Å². The van der Waals surface area contributed by atoms with Crippen LogP contribution >= 0.6 is 11.3 Å². The van der Waals surface area contributed by atoms with Crippen LogP contribution in [0.4, 0.5) is 0 Å². The first-order valence-electron chi connectivity index (χ1n) is 9.03. The molecule has 4 aromatic rings. The molecule has 3 heterocycles. The highest BCUT2D eigenvalue weighted by Crippen LogP contribution is 2.31. The second kappa shape index (κ2) is 7.44. The molecular weight excluding hydrogens is 370 g/mol. The molecule has 6 nitrogen and oxygen atoms in total. The fraction of sp³-hybridized carbons (Fsp3) is 0.190. The zero-order chi connectivity index (χ0) is 19.7. The summed E-state index contributed by atoms with van der Waals surface area (Å²) in [6.45, 7) is 6.05. The average molecular weight is 392 g/mol. The van der Waals surface area contributed by atoms with E-state index >= 15 is 0 Å². The third-order valence-corrected chi connectivity index (χ3v) is 6.08. The van der Waals surface area contributed by atoms with E-state index in [2.05, 4.69) is 22.3 Å². The molecule has 1 atom stereocenters. The van der Waals surface area contributed by atoms with Crippen molar-refractivity contribution in [2.24, 2.45) is 0 Å². The van der Waals surface area contributed by atoms with Gasteiger partial charge in [0.1, 0.15) is 17.7 Å². The van der Waals surface area contributed by atoms with E-state index in [1.54, 1.807) is 22.3 Å². The Hall–Kier alpha value is -3.19. The van der Waals surface area contributed by atoms with Crippen molar-refractivity contribution in [2.45, 2.75) is 26.8 Å². The first-order valence-corrected chi connectivity index (χ1v) is 9.85. The second-order valence-corrected chi connectivity index (χ2v) is 7.88. The number of nitrogens with one attached hydrogen (secondary N) is 1. The predicted octanol–water partition coefficient (Wildman–Crippen LogP) is 4.23. The Morgan fingerprint density at radius 2 is 1.86 bits per heavy atom. The lowest BCUT2D eigenvalue weighted by Gasteiger charge is -2.16. The maximum absolute atomic E-state index is 13.1.